The normalized spacial score (nSPS) is 10.3. The summed E-state index contributed by atoms with van der Waals surface area (Å²) in [5, 5.41) is 0. The van der Waals surface area contributed by atoms with Gasteiger partial charge in [-0.15, -0.1) is 6.58 Å². The highest BCUT2D eigenvalue weighted by Gasteiger charge is 2.12. The van der Waals surface area contributed by atoms with Crippen molar-refractivity contribution in [2.24, 2.45) is 0 Å². The van der Waals surface area contributed by atoms with E-state index in [2.05, 4.69) is 45.5 Å². The quantitative estimate of drug-likeness (QED) is 0.698. The van der Waals surface area contributed by atoms with Crippen LogP contribution in [0.4, 0.5) is 0 Å². The van der Waals surface area contributed by atoms with Gasteiger partial charge in [0.1, 0.15) is 12.4 Å². The van der Waals surface area contributed by atoms with Crippen molar-refractivity contribution in [3.63, 3.8) is 0 Å². The minimum atomic E-state index is 0.606. The predicted octanol–water partition coefficient (Wildman–Crippen LogP) is 4.92. The maximum atomic E-state index is 6.12. The van der Waals surface area contributed by atoms with Gasteiger partial charge in [-0.3, -0.25) is 0 Å². The number of allylic oxidation sites excluding steroid dienone is 1. The van der Waals surface area contributed by atoms with Gasteiger partial charge in [0.25, 0.3) is 0 Å². The van der Waals surface area contributed by atoms with Gasteiger partial charge in [0.2, 0.25) is 0 Å². The van der Waals surface area contributed by atoms with Gasteiger partial charge in [-0.2, -0.15) is 0 Å². The molecule has 0 bridgehead atoms. The smallest absolute Gasteiger partial charge is 0.126 e. The van der Waals surface area contributed by atoms with E-state index < -0.39 is 0 Å². The average Bonchev–Trinajstić information content (AvgIpc) is 2.45. The van der Waals surface area contributed by atoms with Crippen molar-refractivity contribution in [2.45, 2.75) is 33.8 Å². The number of rotatable bonds is 5. The van der Waals surface area contributed by atoms with Crippen LogP contribution in [0.25, 0.3) is 0 Å². The largest absolute Gasteiger partial charge is 0.488 e. The molecule has 0 atom stereocenters. The third-order valence-electron chi connectivity index (χ3n) is 3.69. The average molecular weight is 266 g/mol. The summed E-state index contributed by atoms with van der Waals surface area (Å²) in [5.74, 6) is 1.02. The number of ether oxygens (including phenoxy) is 1. The fraction of sp³-hybridized carbons (Fsp3) is 0.263. The molecule has 0 N–H and O–H groups in total. The molecule has 0 amide bonds. The Balaban J connectivity index is 2.31. The Morgan fingerprint density at radius 2 is 1.75 bits per heavy atom. The molecule has 0 aliphatic heterocycles. The molecular weight excluding hydrogens is 244 g/mol. The Morgan fingerprint density at radius 1 is 1.05 bits per heavy atom. The maximum Gasteiger partial charge on any atom is 0.126 e. The first-order valence-electron chi connectivity index (χ1n) is 7.00. The van der Waals surface area contributed by atoms with Crippen LogP contribution in [0.2, 0.25) is 0 Å². The molecule has 0 unspecified atom stereocenters. The van der Waals surface area contributed by atoms with Gasteiger partial charge in [-0.05, 0) is 49.4 Å². The van der Waals surface area contributed by atoms with Crippen molar-refractivity contribution in [3.05, 3.63) is 76.9 Å². The molecule has 0 radical (unpaired) electrons. The van der Waals surface area contributed by atoms with Gasteiger partial charge >= 0.3 is 0 Å². The van der Waals surface area contributed by atoms with E-state index in [1.165, 1.54) is 27.8 Å². The van der Waals surface area contributed by atoms with Gasteiger partial charge in [-0.25, -0.2) is 0 Å². The van der Waals surface area contributed by atoms with Crippen LogP contribution in [0.15, 0.2) is 49.1 Å². The highest BCUT2D eigenvalue weighted by atomic mass is 16.5. The summed E-state index contributed by atoms with van der Waals surface area (Å²) in [6.07, 6.45) is 2.78. The van der Waals surface area contributed by atoms with E-state index >= 15 is 0 Å². The number of hydrogen-bond acceptors (Lipinski definition) is 1. The standard InChI is InChI=1S/C19H22O/c1-5-9-18-15(3)12-14(2)16(4)19(18)20-13-17-10-7-6-8-11-17/h5-8,10-12H,1,9,13H2,2-4H3. The minimum Gasteiger partial charge on any atom is -0.488 e. The lowest BCUT2D eigenvalue weighted by Gasteiger charge is -2.18. The lowest BCUT2D eigenvalue weighted by Crippen LogP contribution is -2.03. The SMILES string of the molecule is C=CCc1c(C)cc(C)c(C)c1OCc1ccccc1. The molecule has 0 saturated carbocycles. The van der Waals surface area contributed by atoms with Crippen molar-refractivity contribution in [2.75, 3.05) is 0 Å². The first kappa shape index (κ1) is 14.4. The Bertz CT molecular complexity index is 597. The van der Waals surface area contributed by atoms with E-state index in [0.29, 0.717) is 6.61 Å². The zero-order chi connectivity index (χ0) is 14.5. The summed E-state index contributed by atoms with van der Waals surface area (Å²) in [6.45, 7) is 10.9. The zero-order valence-electron chi connectivity index (χ0n) is 12.6. The van der Waals surface area contributed by atoms with Crippen molar-refractivity contribution in [1.29, 1.82) is 0 Å². The summed E-state index contributed by atoms with van der Waals surface area (Å²) in [6, 6.07) is 12.5. The van der Waals surface area contributed by atoms with Crippen LogP contribution < -0.4 is 4.74 Å². The van der Waals surface area contributed by atoms with Crippen LogP contribution in [0.3, 0.4) is 0 Å². The highest BCUT2D eigenvalue weighted by molar-refractivity contribution is 5.50. The molecule has 0 saturated heterocycles. The van der Waals surface area contributed by atoms with E-state index in [1.54, 1.807) is 0 Å². The third kappa shape index (κ3) is 3.11. The van der Waals surface area contributed by atoms with Gasteiger partial charge in [-0.1, -0.05) is 42.5 Å². The first-order chi connectivity index (χ1) is 9.63. The van der Waals surface area contributed by atoms with E-state index in [1.807, 2.05) is 24.3 Å². The summed E-state index contributed by atoms with van der Waals surface area (Å²) in [4.78, 5) is 0. The Hall–Kier alpha value is -2.02. The Morgan fingerprint density at radius 3 is 2.40 bits per heavy atom. The minimum absolute atomic E-state index is 0.606. The van der Waals surface area contributed by atoms with Crippen LogP contribution in [0.5, 0.6) is 5.75 Å². The van der Waals surface area contributed by atoms with Gasteiger partial charge in [0.05, 0.1) is 0 Å². The van der Waals surface area contributed by atoms with Gasteiger partial charge in [0, 0.05) is 5.56 Å². The van der Waals surface area contributed by atoms with E-state index in [4.69, 9.17) is 4.74 Å². The van der Waals surface area contributed by atoms with E-state index in [0.717, 1.165) is 12.2 Å². The molecule has 0 fully saturated rings. The molecule has 1 nitrogen and oxygen atoms in total. The molecule has 2 aromatic rings. The maximum absolute atomic E-state index is 6.12. The summed E-state index contributed by atoms with van der Waals surface area (Å²) < 4.78 is 6.12. The van der Waals surface area contributed by atoms with E-state index in [-0.39, 0.29) is 0 Å². The molecule has 1 heteroatoms. The van der Waals surface area contributed by atoms with Crippen molar-refractivity contribution in [3.8, 4) is 5.75 Å². The predicted molar refractivity (Wildman–Crippen MR) is 85.3 cm³/mol. The second-order valence-corrected chi connectivity index (χ2v) is 5.21. The van der Waals surface area contributed by atoms with E-state index in [9.17, 15) is 0 Å². The van der Waals surface area contributed by atoms with Crippen molar-refractivity contribution >= 4 is 0 Å². The van der Waals surface area contributed by atoms with Gasteiger partial charge < -0.3 is 4.74 Å². The monoisotopic (exact) mass is 266 g/mol. The lowest BCUT2D eigenvalue weighted by molar-refractivity contribution is 0.301. The number of benzene rings is 2. The fourth-order valence-corrected chi connectivity index (χ4v) is 2.43. The van der Waals surface area contributed by atoms with Crippen LogP contribution in [0.1, 0.15) is 27.8 Å². The Kier molecular flexibility index (Phi) is 4.62. The van der Waals surface area contributed by atoms with Crippen molar-refractivity contribution < 1.29 is 4.74 Å². The zero-order valence-corrected chi connectivity index (χ0v) is 12.6. The lowest BCUT2D eigenvalue weighted by atomic mass is 9.97. The molecule has 0 aliphatic carbocycles. The first-order valence-corrected chi connectivity index (χ1v) is 7.00. The van der Waals surface area contributed by atoms with Crippen LogP contribution >= 0.6 is 0 Å². The number of aryl methyl sites for hydroxylation is 2. The van der Waals surface area contributed by atoms with Crippen LogP contribution in [-0.4, -0.2) is 0 Å². The molecule has 104 valence electrons. The molecule has 0 spiro atoms. The van der Waals surface area contributed by atoms with Gasteiger partial charge in [0.15, 0.2) is 0 Å². The second-order valence-electron chi connectivity index (χ2n) is 5.21. The third-order valence-corrected chi connectivity index (χ3v) is 3.69. The summed E-state index contributed by atoms with van der Waals surface area (Å²) in [7, 11) is 0. The van der Waals surface area contributed by atoms with Crippen LogP contribution in [-0.2, 0) is 13.0 Å². The summed E-state index contributed by atoms with van der Waals surface area (Å²) in [5.41, 5.74) is 6.22. The molecule has 0 aromatic heterocycles. The highest BCUT2D eigenvalue weighted by Crippen LogP contribution is 2.31. The fourth-order valence-electron chi connectivity index (χ4n) is 2.43. The van der Waals surface area contributed by atoms with Crippen LogP contribution in [0, 0.1) is 20.8 Å². The molecule has 0 heterocycles. The molecule has 20 heavy (non-hydrogen) atoms. The number of hydrogen-bond donors (Lipinski definition) is 0. The van der Waals surface area contributed by atoms with Crippen molar-refractivity contribution in [1.82, 2.24) is 0 Å². The molecule has 2 rings (SSSR count). The second kappa shape index (κ2) is 6.42. The summed E-state index contributed by atoms with van der Waals surface area (Å²) >= 11 is 0. The molecular formula is C19H22O. The topological polar surface area (TPSA) is 9.23 Å². The Labute approximate surface area is 121 Å². The molecule has 0 aliphatic rings. The molecule has 2 aromatic carbocycles.